The third kappa shape index (κ3) is 1.46. The maximum Gasteiger partial charge on any atom is 0.316 e. The largest absolute Gasteiger partial charge is 0.390 e. The van der Waals surface area contributed by atoms with E-state index in [0.717, 1.165) is 6.54 Å². The van der Waals surface area contributed by atoms with E-state index in [1.165, 1.54) is 0 Å². The number of anilines is 2. The Morgan fingerprint density at radius 3 is 2.27 bits per heavy atom. The smallest absolute Gasteiger partial charge is 0.316 e. The van der Waals surface area contributed by atoms with Crippen LogP contribution in [0.15, 0.2) is 4.42 Å². The zero-order valence-electron chi connectivity index (χ0n) is 9.66. The molecular formula is C10H18N4O. The van der Waals surface area contributed by atoms with Crippen molar-refractivity contribution in [1.29, 1.82) is 0 Å². The number of nitrogens with two attached hydrogens (primary N) is 1. The minimum absolute atomic E-state index is 0.104. The molecule has 1 heterocycles. The van der Waals surface area contributed by atoms with Crippen molar-refractivity contribution in [3.05, 3.63) is 0 Å². The van der Waals surface area contributed by atoms with Crippen LogP contribution < -0.4 is 11.1 Å². The van der Waals surface area contributed by atoms with Gasteiger partial charge in [0.25, 0.3) is 0 Å². The van der Waals surface area contributed by atoms with Gasteiger partial charge in [-0.25, -0.2) is 0 Å². The van der Waals surface area contributed by atoms with Crippen LogP contribution in [0.3, 0.4) is 0 Å². The summed E-state index contributed by atoms with van der Waals surface area (Å²) in [6.07, 6.45) is 0. The molecule has 1 fully saturated rings. The highest BCUT2D eigenvalue weighted by atomic mass is 16.4. The first-order valence-corrected chi connectivity index (χ1v) is 5.18. The van der Waals surface area contributed by atoms with Gasteiger partial charge in [0.05, 0.1) is 0 Å². The van der Waals surface area contributed by atoms with Gasteiger partial charge in [-0.2, -0.15) is 0 Å². The summed E-state index contributed by atoms with van der Waals surface area (Å²) in [4.78, 5) is 0. The van der Waals surface area contributed by atoms with E-state index in [1.807, 2.05) is 0 Å². The van der Waals surface area contributed by atoms with Gasteiger partial charge in [-0.15, -0.1) is 0 Å². The zero-order chi connectivity index (χ0) is 11.3. The van der Waals surface area contributed by atoms with Crippen LogP contribution in [0.5, 0.6) is 0 Å². The summed E-state index contributed by atoms with van der Waals surface area (Å²) in [7, 11) is 0. The van der Waals surface area contributed by atoms with E-state index in [-0.39, 0.29) is 6.01 Å². The van der Waals surface area contributed by atoms with Crippen molar-refractivity contribution in [2.24, 2.45) is 16.7 Å². The van der Waals surface area contributed by atoms with Crippen LogP contribution in [0.25, 0.3) is 0 Å². The molecule has 0 saturated heterocycles. The lowest BCUT2D eigenvalue weighted by atomic mass is 10.0. The van der Waals surface area contributed by atoms with Crippen LogP contribution in [0.1, 0.15) is 27.7 Å². The van der Waals surface area contributed by atoms with E-state index < -0.39 is 0 Å². The Balaban J connectivity index is 1.91. The van der Waals surface area contributed by atoms with E-state index in [4.69, 9.17) is 10.2 Å². The molecule has 1 aromatic heterocycles. The SMILES string of the molecule is CC1(C)C(CNc2nnc(N)o2)C1(C)C. The molecule has 0 radical (unpaired) electrons. The molecule has 3 N–H and O–H groups in total. The zero-order valence-corrected chi connectivity index (χ0v) is 9.66. The summed E-state index contributed by atoms with van der Waals surface area (Å²) in [5.74, 6) is 0.623. The van der Waals surface area contributed by atoms with Crippen molar-refractivity contribution in [3.63, 3.8) is 0 Å². The van der Waals surface area contributed by atoms with Gasteiger partial charge in [0.15, 0.2) is 0 Å². The van der Waals surface area contributed by atoms with Crippen LogP contribution in [0.2, 0.25) is 0 Å². The van der Waals surface area contributed by atoms with Crippen molar-refractivity contribution in [2.75, 3.05) is 17.6 Å². The quantitative estimate of drug-likeness (QED) is 0.794. The molecule has 0 atom stereocenters. The van der Waals surface area contributed by atoms with E-state index >= 15 is 0 Å². The van der Waals surface area contributed by atoms with Gasteiger partial charge in [-0.05, 0) is 16.7 Å². The van der Waals surface area contributed by atoms with E-state index in [1.54, 1.807) is 0 Å². The van der Waals surface area contributed by atoms with Gasteiger partial charge in [0, 0.05) is 6.54 Å². The fourth-order valence-corrected chi connectivity index (χ4v) is 2.34. The van der Waals surface area contributed by atoms with E-state index in [0.29, 0.717) is 22.8 Å². The number of nitrogen functional groups attached to an aromatic ring is 1. The fourth-order valence-electron chi connectivity index (χ4n) is 2.34. The number of nitrogens with one attached hydrogen (secondary N) is 1. The van der Waals surface area contributed by atoms with E-state index in [2.05, 4.69) is 43.2 Å². The Morgan fingerprint density at radius 1 is 1.27 bits per heavy atom. The number of hydrogen-bond donors (Lipinski definition) is 2. The summed E-state index contributed by atoms with van der Waals surface area (Å²) < 4.78 is 5.04. The predicted octanol–water partition coefficient (Wildman–Crippen LogP) is 1.75. The van der Waals surface area contributed by atoms with Crippen molar-refractivity contribution in [1.82, 2.24) is 10.2 Å². The topological polar surface area (TPSA) is 77.0 Å². The highest BCUT2D eigenvalue weighted by Crippen LogP contribution is 2.68. The molecule has 0 unspecified atom stereocenters. The predicted molar refractivity (Wildman–Crippen MR) is 58.3 cm³/mol. The highest BCUT2D eigenvalue weighted by Gasteiger charge is 2.64. The summed E-state index contributed by atoms with van der Waals surface area (Å²) in [5.41, 5.74) is 6.06. The molecule has 0 spiro atoms. The normalized spacial score (nSPS) is 22.7. The van der Waals surface area contributed by atoms with Crippen LogP contribution in [0.4, 0.5) is 12.0 Å². The molecule has 1 aliphatic rings. The van der Waals surface area contributed by atoms with Crippen molar-refractivity contribution in [2.45, 2.75) is 27.7 Å². The minimum atomic E-state index is 0.104. The second-order valence-corrected chi connectivity index (χ2v) is 5.32. The lowest BCUT2D eigenvalue weighted by Crippen LogP contribution is -2.08. The third-order valence-corrected chi connectivity index (χ3v) is 4.22. The van der Waals surface area contributed by atoms with Crippen molar-refractivity contribution in [3.8, 4) is 0 Å². The average molecular weight is 210 g/mol. The van der Waals surface area contributed by atoms with Gasteiger partial charge >= 0.3 is 12.0 Å². The maximum absolute atomic E-state index is 5.33. The molecule has 5 heteroatoms. The molecule has 0 aliphatic heterocycles. The first-order chi connectivity index (χ1) is 6.85. The molecule has 0 aromatic carbocycles. The molecule has 0 amide bonds. The first-order valence-electron chi connectivity index (χ1n) is 5.18. The lowest BCUT2D eigenvalue weighted by molar-refractivity contribution is 0.457. The van der Waals surface area contributed by atoms with Gasteiger partial charge < -0.3 is 15.5 Å². The Kier molecular flexibility index (Phi) is 1.96. The summed E-state index contributed by atoms with van der Waals surface area (Å²) in [5, 5.41) is 10.5. The number of aromatic nitrogens is 2. The monoisotopic (exact) mass is 210 g/mol. The van der Waals surface area contributed by atoms with Crippen molar-refractivity contribution < 1.29 is 4.42 Å². The summed E-state index contributed by atoms with van der Waals surface area (Å²) in [6, 6.07) is 0.512. The van der Waals surface area contributed by atoms with Crippen LogP contribution in [-0.4, -0.2) is 16.7 Å². The highest BCUT2D eigenvalue weighted by molar-refractivity contribution is 5.25. The Bertz CT molecular complexity index is 355. The lowest BCUT2D eigenvalue weighted by Gasteiger charge is -2.04. The van der Waals surface area contributed by atoms with Gasteiger partial charge in [-0.1, -0.05) is 37.9 Å². The second-order valence-electron chi connectivity index (χ2n) is 5.32. The van der Waals surface area contributed by atoms with Crippen LogP contribution in [0, 0.1) is 16.7 Å². The molecule has 1 aromatic rings. The van der Waals surface area contributed by atoms with Crippen LogP contribution >= 0.6 is 0 Å². The molecular weight excluding hydrogens is 192 g/mol. The van der Waals surface area contributed by atoms with Gasteiger partial charge in [-0.3, -0.25) is 0 Å². The molecule has 15 heavy (non-hydrogen) atoms. The Morgan fingerprint density at radius 2 is 1.87 bits per heavy atom. The number of rotatable bonds is 3. The molecule has 1 aliphatic carbocycles. The standard InChI is InChI=1S/C10H18N4O/c1-9(2)6(10(9,3)4)5-12-8-14-13-7(11)15-8/h6H,5H2,1-4H3,(H2,11,13)(H,12,14). The minimum Gasteiger partial charge on any atom is -0.390 e. The third-order valence-electron chi connectivity index (χ3n) is 4.22. The van der Waals surface area contributed by atoms with E-state index in [9.17, 15) is 0 Å². The number of hydrogen-bond acceptors (Lipinski definition) is 5. The number of nitrogens with zero attached hydrogens (tertiary/aromatic N) is 2. The van der Waals surface area contributed by atoms with Crippen LogP contribution in [-0.2, 0) is 0 Å². The molecule has 1 saturated carbocycles. The summed E-state index contributed by atoms with van der Waals surface area (Å²) >= 11 is 0. The Hall–Kier alpha value is -1.26. The fraction of sp³-hybridized carbons (Fsp3) is 0.800. The molecule has 0 bridgehead atoms. The maximum atomic E-state index is 5.33. The first kappa shape index (κ1) is 10.3. The summed E-state index contributed by atoms with van der Waals surface area (Å²) in [6.45, 7) is 9.97. The van der Waals surface area contributed by atoms with Gasteiger partial charge in [0.2, 0.25) is 0 Å². The Labute approximate surface area is 89.4 Å². The second kappa shape index (κ2) is 2.87. The molecule has 84 valence electrons. The average Bonchev–Trinajstić information content (AvgIpc) is 2.50. The molecule has 2 rings (SSSR count). The van der Waals surface area contributed by atoms with Crippen molar-refractivity contribution >= 4 is 12.0 Å². The molecule has 5 nitrogen and oxygen atoms in total. The van der Waals surface area contributed by atoms with Gasteiger partial charge in [0.1, 0.15) is 0 Å².